The van der Waals surface area contributed by atoms with Gasteiger partial charge in [0.1, 0.15) is 23.2 Å². The highest BCUT2D eigenvalue weighted by molar-refractivity contribution is 6.34. The van der Waals surface area contributed by atoms with E-state index in [1.54, 1.807) is 0 Å². The number of alkyl halides is 8. The molecule has 194 valence electrons. The third-order valence-corrected chi connectivity index (χ3v) is 4.92. The molecule has 2 heterocycles. The molecular formula is C19H12ClF8N5O3. The molecule has 0 aliphatic heterocycles. The largest absolute Gasteiger partial charge is 0.459 e. The third-order valence-electron chi connectivity index (χ3n) is 4.59. The van der Waals surface area contributed by atoms with Crippen molar-refractivity contribution < 1.29 is 49.2 Å². The van der Waals surface area contributed by atoms with Crippen LogP contribution < -0.4 is 10.6 Å². The van der Waals surface area contributed by atoms with Gasteiger partial charge in [-0.25, -0.2) is 0 Å². The first kappa shape index (κ1) is 26.9. The van der Waals surface area contributed by atoms with E-state index >= 15 is 0 Å². The van der Waals surface area contributed by atoms with Crippen molar-refractivity contribution in [3.8, 4) is 0 Å². The molecular weight excluding hydrogens is 534 g/mol. The minimum atomic E-state index is -6.42. The van der Waals surface area contributed by atoms with Crippen molar-refractivity contribution in [1.29, 1.82) is 0 Å². The lowest BCUT2D eigenvalue weighted by molar-refractivity contribution is -0.292. The topological polar surface area (TPSA) is 102 Å². The van der Waals surface area contributed by atoms with Crippen molar-refractivity contribution in [3.05, 3.63) is 63.8 Å². The number of hydrogen-bond acceptors (Lipinski definition) is 5. The number of benzene rings is 1. The average molecular weight is 546 g/mol. The summed E-state index contributed by atoms with van der Waals surface area (Å²) in [6.07, 6.45) is -11.0. The Morgan fingerprint density at radius 1 is 1.06 bits per heavy atom. The second-order valence-corrected chi connectivity index (χ2v) is 7.50. The van der Waals surface area contributed by atoms with Crippen molar-refractivity contribution in [2.24, 2.45) is 7.05 Å². The standard InChI is InChI=1S/C19H12ClF8N5O3/c1-33-13(12(18(23,24)25)14(31-33)17(21,22)19(26,27)28)16(35)30-8-2-3-11(20)10(6-8)15(34)29-7-9-4-5-36-32-9/h2-6H,7H2,1H3,(H,29,34)(H,30,35). The van der Waals surface area contributed by atoms with E-state index in [1.807, 2.05) is 5.32 Å². The lowest BCUT2D eigenvalue weighted by Gasteiger charge is -2.19. The van der Waals surface area contributed by atoms with Crippen molar-refractivity contribution in [3.63, 3.8) is 0 Å². The first-order valence-electron chi connectivity index (χ1n) is 9.41. The first-order valence-corrected chi connectivity index (χ1v) is 9.79. The fraction of sp³-hybridized carbons (Fsp3) is 0.263. The van der Waals surface area contributed by atoms with Crippen LogP contribution in [-0.2, 0) is 25.7 Å². The summed E-state index contributed by atoms with van der Waals surface area (Å²) >= 11 is 5.95. The molecule has 0 radical (unpaired) electrons. The summed E-state index contributed by atoms with van der Waals surface area (Å²) in [7, 11) is 0.588. The highest BCUT2D eigenvalue weighted by Crippen LogP contribution is 2.48. The van der Waals surface area contributed by atoms with E-state index in [4.69, 9.17) is 11.6 Å². The number of hydrogen-bond donors (Lipinski definition) is 2. The highest BCUT2D eigenvalue weighted by atomic mass is 35.5. The maximum atomic E-state index is 13.8. The summed E-state index contributed by atoms with van der Waals surface area (Å²) in [5.41, 5.74) is -7.10. The molecule has 0 atom stereocenters. The SMILES string of the molecule is Cn1nc(C(F)(F)C(F)(F)F)c(C(F)(F)F)c1C(=O)Nc1ccc(Cl)c(C(=O)NCc2ccon2)c1. The fourth-order valence-electron chi connectivity index (χ4n) is 2.97. The van der Waals surface area contributed by atoms with Crippen LogP contribution in [0.1, 0.15) is 37.8 Å². The van der Waals surface area contributed by atoms with Gasteiger partial charge < -0.3 is 15.2 Å². The molecule has 36 heavy (non-hydrogen) atoms. The summed E-state index contributed by atoms with van der Waals surface area (Å²) in [5, 5.41) is 10.4. The molecule has 2 N–H and O–H groups in total. The van der Waals surface area contributed by atoms with E-state index in [2.05, 4.69) is 20.1 Å². The number of halogens is 9. The van der Waals surface area contributed by atoms with E-state index in [9.17, 15) is 44.7 Å². The highest BCUT2D eigenvalue weighted by Gasteiger charge is 2.64. The van der Waals surface area contributed by atoms with Gasteiger partial charge in [0.2, 0.25) is 0 Å². The van der Waals surface area contributed by atoms with Crippen LogP contribution in [0.25, 0.3) is 0 Å². The summed E-state index contributed by atoms with van der Waals surface area (Å²) in [6.45, 7) is -0.0948. The zero-order chi connectivity index (χ0) is 27.1. The predicted molar refractivity (Wildman–Crippen MR) is 105 cm³/mol. The van der Waals surface area contributed by atoms with Gasteiger partial charge in [-0.1, -0.05) is 16.8 Å². The molecule has 3 rings (SSSR count). The minimum absolute atomic E-state index is 0.0470. The number of nitrogens with zero attached hydrogens (tertiary/aromatic N) is 3. The van der Waals surface area contributed by atoms with Crippen LogP contribution in [0.5, 0.6) is 0 Å². The van der Waals surface area contributed by atoms with Crippen LogP contribution in [0.15, 0.2) is 35.1 Å². The predicted octanol–water partition coefficient (Wildman–Crippen LogP) is 4.92. The number of carbonyl (C=O) groups excluding carboxylic acids is 2. The summed E-state index contributed by atoms with van der Waals surface area (Å²) < 4.78 is 111. The van der Waals surface area contributed by atoms with Crippen LogP contribution in [0.3, 0.4) is 0 Å². The molecule has 2 amide bonds. The van der Waals surface area contributed by atoms with Crippen LogP contribution in [-0.4, -0.2) is 32.9 Å². The van der Waals surface area contributed by atoms with Gasteiger partial charge in [0.25, 0.3) is 11.8 Å². The Bertz CT molecular complexity index is 1290. The monoisotopic (exact) mass is 545 g/mol. The molecule has 17 heteroatoms. The first-order chi connectivity index (χ1) is 16.5. The molecule has 0 bridgehead atoms. The van der Waals surface area contributed by atoms with Crippen LogP contribution >= 0.6 is 11.6 Å². The number of anilines is 1. The number of nitrogens with one attached hydrogen (secondary N) is 2. The molecule has 0 saturated carbocycles. The van der Waals surface area contributed by atoms with Crippen LogP contribution in [0, 0.1) is 0 Å². The van der Waals surface area contributed by atoms with Crippen LogP contribution in [0.2, 0.25) is 5.02 Å². The Morgan fingerprint density at radius 3 is 2.28 bits per heavy atom. The van der Waals surface area contributed by atoms with Crippen molar-refractivity contribution in [1.82, 2.24) is 20.3 Å². The number of amides is 2. The molecule has 0 fully saturated rings. The third kappa shape index (κ3) is 5.27. The Hall–Kier alpha value is -3.69. The second-order valence-electron chi connectivity index (χ2n) is 7.09. The van der Waals surface area contributed by atoms with Gasteiger partial charge in [-0.15, -0.1) is 0 Å². The van der Waals surface area contributed by atoms with Gasteiger partial charge in [-0.2, -0.15) is 40.2 Å². The smallest absolute Gasteiger partial charge is 0.364 e. The lowest BCUT2D eigenvalue weighted by atomic mass is 10.1. The maximum Gasteiger partial charge on any atom is 0.459 e. The summed E-state index contributed by atoms with van der Waals surface area (Å²) in [4.78, 5) is 25.0. The molecule has 8 nitrogen and oxygen atoms in total. The lowest BCUT2D eigenvalue weighted by Crippen LogP contribution is -2.36. The van der Waals surface area contributed by atoms with E-state index in [0.717, 1.165) is 18.2 Å². The van der Waals surface area contributed by atoms with Gasteiger partial charge in [0.05, 0.1) is 17.1 Å². The molecule has 1 aromatic carbocycles. The number of carbonyl (C=O) groups is 2. The quantitative estimate of drug-likeness (QED) is 0.428. The zero-order valence-electron chi connectivity index (χ0n) is 17.6. The van der Waals surface area contributed by atoms with Gasteiger partial charge >= 0.3 is 18.3 Å². The molecule has 0 spiro atoms. The van der Waals surface area contributed by atoms with Gasteiger partial charge in [0, 0.05) is 18.8 Å². The Balaban J connectivity index is 1.94. The van der Waals surface area contributed by atoms with Gasteiger partial charge in [0.15, 0.2) is 5.69 Å². The van der Waals surface area contributed by atoms with Crippen molar-refractivity contribution in [2.75, 3.05) is 5.32 Å². The average Bonchev–Trinajstić information content (AvgIpc) is 3.40. The number of rotatable bonds is 6. The van der Waals surface area contributed by atoms with Crippen molar-refractivity contribution in [2.45, 2.75) is 24.8 Å². The van der Waals surface area contributed by atoms with E-state index in [1.165, 1.54) is 12.3 Å². The Labute approximate surface area is 200 Å². The van der Waals surface area contributed by atoms with E-state index < -0.39 is 47.0 Å². The maximum absolute atomic E-state index is 13.8. The molecule has 0 saturated heterocycles. The number of aromatic nitrogens is 3. The molecule has 0 unspecified atom stereocenters. The van der Waals surface area contributed by atoms with Crippen LogP contribution in [0.4, 0.5) is 40.8 Å². The Morgan fingerprint density at radius 2 is 1.72 bits per heavy atom. The molecule has 3 aromatic rings. The number of aryl methyl sites for hydroxylation is 1. The van der Waals surface area contributed by atoms with E-state index in [-0.39, 0.29) is 27.5 Å². The van der Waals surface area contributed by atoms with Gasteiger partial charge in [-0.05, 0) is 18.2 Å². The second kappa shape index (κ2) is 9.40. The normalized spacial score (nSPS) is 12.5. The molecule has 2 aromatic heterocycles. The minimum Gasteiger partial charge on any atom is -0.364 e. The molecule has 0 aliphatic rings. The zero-order valence-corrected chi connectivity index (χ0v) is 18.3. The summed E-state index contributed by atoms with van der Waals surface area (Å²) in [6, 6.07) is 4.55. The Kier molecular flexibility index (Phi) is 7.03. The summed E-state index contributed by atoms with van der Waals surface area (Å²) in [5.74, 6) is -8.52. The van der Waals surface area contributed by atoms with Crippen molar-refractivity contribution >= 4 is 29.1 Å². The molecule has 0 aliphatic carbocycles. The van der Waals surface area contributed by atoms with E-state index in [0.29, 0.717) is 12.7 Å². The fourth-order valence-corrected chi connectivity index (χ4v) is 3.17. The van der Waals surface area contributed by atoms with Gasteiger partial charge in [-0.3, -0.25) is 14.3 Å².